The van der Waals surface area contributed by atoms with Crippen molar-refractivity contribution < 1.29 is 28.9 Å². The molecule has 11 heteroatoms. The third kappa shape index (κ3) is 5.71. The largest absolute Gasteiger partial charge is 0.497 e. The molecule has 0 saturated carbocycles. The number of likely N-dealkylation sites (tertiary alicyclic amines) is 1. The molecule has 5 rings (SSSR count). The summed E-state index contributed by atoms with van der Waals surface area (Å²) in [4.78, 5) is 29.4. The van der Waals surface area contributed by atoms with Crippen molar-refractivity contribution in [2.45, 2.75) is 25.9 Å². The van der Waals surface area contributed by atoms with Crippen LogP contribution in [0.25, 0.3) is 11.0 Å². The van der Waals surface area contributed by atoms with Gasteiger partial charge in [0.1, 0.15) is 22.6 Å². The first-order valence-electron chi connectivity index (χ1n) is 12.6. The smallest absolute Gasteiger partial charge is 0.407 e. The second-order valence-corrected chi connectivity index (χ2v) is 9.07. The highest BCUT2D eigenvalue weighted by atomic mass is 16.5. The average molecular weight is 532 g/mol. The number of pyridine rings is 1. The molecule has 1 amide bonds. The van der Waals surface area contributed by atoms with Crippen molar-refractivity contribution in [3.63, 3.8) is 0 Å². The van der Waals surface area contributed by atoms with Crippen LogP contribution in [0.4, 0.5) is 10.6 Å². The van der Waals surface area contributed by atoms with Gasteiger partial charge in [0.25, 0.3) is 0 Å². The van der Waals surface area contributed by atoms with Gasteiger partial charge in [-0.15, -0.1) is 0 Å². The summed E-state index contributed by atoms with van der Waals surface area (Å²) in [5, 5.41) is 18.3. The van der Waals surface area contributed by atoms with E-state index < -0.39 is 12.1 Å². The molecule has 0 aliphatic carbocycles. The lowest BCUT2D eigenvalue weighted by Gasteiger charge is -2.14. The van der Waals surface area contributed by atoms with Crippen LogP contribution >= 0.6 is 0 Å². The predicted molar refractivity (Wildman–Crippen MR) is 144 cm³/mol. The number of hydrogen-bond donors (Lipinski definition) is 2. The van der Waals surface area contributed by atoms with Gasteiger partial charge in [-0.1, -0.05) is 12.1 Å². The van der Waals surface area contributed by atoms with Crippen LogP contribution in [0.1, 0.15) is 29.3 Å². The van der Waals surface area contributed by atoms with Gasteiger partial charge in [0.2, 0.25) is 0 Å². The Morgan fingerprint density at radius 2 is 1.82 bits per heavy atom. The van der Waals surface area contributed by atoms with E-state index in [-0.39, 0.29) is 6.04 Å². The van der Waals surface area contributed by atoms with E-state index in [9.17, 15) is 14.7 Å². The Morgan fingerprint density at radius 1 is 1.08 bits per heavy atom. The molecule has 0 radical (unpaired) electrons. The Morgan fingerprint density at radius 3 is 2.49 bits per heavy atom. The van der Waals surface area contributed by atoms with Gasteiger partial charge in [-0.3, -0.25) is 0 Å². The van der Waals surface area contributed by atoms with Crippen molar-refractivity contribution in [2.24, 2.45) is 0 Å². The summed E-state index contributed by atoms with van der Waals surface area (Å²) in [7, 11) is 1.62. The van der Waals surface area contributed by atoms with Crippen molar-refractivity contribution in [1.29, 1.82) is 0 Å². The van der Waals surface area contributed by atoms with Crippen LogP contribution in [0.3, 0.4) is 0 Å². The topological polar surface area (TPSA) is 128 Å². The minimum atomic E-state index is -0.939. The zero-order valence-corrected chi connectivity index (χ0v) is 21.7. The number of nitrogens with one attached hydrogen (secondary N) is 1. The Balaban J connectivity index is 1.48. The van der Waals surface area contributed by atoms with E-state index in [4.69, 9.17) is 19.3 Å². The third-order valence-corrected chi connectivity index (χ3v) is 6.48. The number of carbonyl (C=O) groups excluding carboxylic acids is 1. The molecule has 4 aromatic rings. The molecule has 0 bridgehead atoms. The Hall–Kier alpha value is -4.80. The van der Waals surface area contributed by atoms with Gasteiger partial charge in [0.15, 0.2) is 11.5 Å². The van der Waals surface area contributed by atoms with E-state index in [2.05, 4.69) is 10.3 Å². The third-order valence-electron chi connectivity index (χ3n) is 6.48. The molecule has 1 fully saturated rings. The Kier molecular flexibility index (Phi) is 7.48. The second kappa shape index (κ2) is 11.3. The molecule has 0 spiro atoms. The molecular formula is C28H29N5O6. The molecular weight excluding hydrogens is 502 g/mol. The number of hydrogen-bond acceptors (Lipinski definition) is 8. The summed E-state index contributed by atoms with van der Waals surface area (Å²) in [6, 6.07) is 16.1. The SMILES string of the molecule is CCOC(=O)c1ccc(Oc2ccnc3c2c(N[C@@H]2CCN(C(=O)O)C2)nn3Cc2ccc(OC)cc2)cc1. The quantitative estimate of drug-likeness (QED) is 0.297. The number of carboxylic acid groups (broad SMARTS) is 1. The summed E-state index contributed by atoms with van der Waals surface area (Å²) in [5.41, 5.74) is 2.05. The fourth-order valence-electron chi connectivity index (χ4n) is 4.52. The molecule has 2 N–H and O–H groups in total. The Bertz CT molecular complexity index is 1470. The summed E-state index contributed by atoms with van der Waals surface area (Å²) in [6.07, 6.45) is 1.37. The van der Waals surface area contributed by atoms with Crippen LogP contribution in [-0.4, -0.2) is 69.7 Å². The van der Waals surface area contributed by atoms with E-state index in [0.717, 1.165) is 11.3 Å². The minimum absolute atomic E-state index is 0.106. The van der Waals surface area contributed by atoms with Crippen LogP contribution in [0.15, 0.2) is 60.8 Å². The first-order chi connectivity index (χ1) is 18.9. The lowest BCUT2D eigenvalue weighted by Crippen LogP contribution is -2.30. The fourth-order valence-corrected chi connectivity index (χ4v) is 4.52. The van der Waals surface area contributed by atoms with Crippen LogP contribution in [0, 0.1) is 0 Å². The number of aromatic nitrogens is 3. The van der Waals surface area contributed by atoms with Gasteiger partial charge in [0, 0.05) is 31.4 Å². The van der Waals surface area contributed by atoms with Crippen LogP contribution in [0.2, 0.25) is 0 Å². The van der Waals surface area contributed by atoms with Gasteiger partial charge in [-0.05, 0) is 55.3 Å². The molecule has 202 valence electrons. The number of carbonyl (C=O) groups is 2. The molecule has 11 nitrogen and oxygen atoms in total. The standard InChI is InChI=1S/C28H29N5O6/c1-3-38-27(34)19-6-10-22(11-7-19)39-23-12-14-29-26-24(23)25(30-20-13-15-32(17-20)28(35)36)31-33(26)16-18-4-8-21(37-2)9-5-18/h4-12,14,20H,3,13,15-17H2,1-2H3,(H,30,31)(H,35,36)/t20-/m1/s1. The van der Waals surface area contributed by atoms with Crippen molar-refractivity contribution >= 4 is 28.9 Å². The van der Waals surface area contributed by atoms with Gasteiger partial charge in [-0.25, -0.2) is 19.3 Å². The zero-order chi connectivity index (χ0) is 27.4. The van der Waals surface area contributed by atoms with Crippen molar-refractivity contribution in [1.82, 2.24) is 19.7 Å². The molecule has 2 aromatic carbocycles. The highest BCUT2D eigenvalue weighted by Crippen LogP contribution is 2.35. The molecule has 0 unspecified atom stereocenters. The summed E-state index contributed by atoms with van der Waals surface area (Å²) < 4.78 is 18.4. The summed E-state index contributed by atoms with van der Waals surface area (Å²) in [6.45, 7) is 3.32. The number of esters is 1. The maximum Gasteiger partial charge on any atom is 0.407 e. The summed E-state index contributed by atoms with van der Waals surface area (Å²) >= 11 is 0. The number of benzene rings is 2. The number of nitrogens with zero attached hydrogens (tertiary/aromatic N) is 4. The van der Waals surface area contributed by atoms with Gasteiger partial charge in [0.05, 0.1) is 25.8 Å². The number of anilines is 1. The van der Waals surface area contributed by atoms with Gasteiger partial charge < -0.3 is 29.5 Å². The second-order valence-electron chi connectivity index (χ2n) is 9.07. The molecule has 1 aliphatic rings. The van der Waals surface area contributed by atoms with Gasteiger partial charge >= 0.3 is 12.1 Å². The molecule has 39 heavy (non-hydrogen) atoms. The molecule has 1 atom stereocenters. The van der Waals surface area contributed by atoms with Crippen molar-refractivity contribution in [3.05, 3.63) is 71.9 Å². The van der Waals surface area contributed by atoms with Gasteiger partial charge in [-0.2, -0.15) is 5.10 Å². The fraction of sp³-hybridized carbons (Fsp3) is 0.286. The number of amides is 1. The van der Waals surface area contributed by atoms with E-state index in [1.165, 1.54) is 4.90 Å². The highest BCUT2D eigenvalue weighted by Gasteiger charge is 2.28. The predicted octanol–water partition coefficient (Wildman–Crippen LogP) is 4.62. The van der Waals surface area contributed by atoms with Crippen molar-refractivity contribution in [3.8, 4) is 17.2 Å². The lowest BCUT2D eigenvalue weighted by molar-refractivity contribution is 0.0526. The summed E-state index contributed by atoms with van der Waals surface area (Å²) in [5.74, 6) is 1.98. The minimum Gasteiger partial charge on any atom is -0.497 e. The van der Waals surface area contributed by atoms with E-state index in [1.807, 2.05) is 24.3 Å². The van der Waals surface area contributed by atoms with Crippen LogP contribution in [0.5, 0.6) is 17.2 Å². The lowest BCUT2D eigenvalue weighted by atomic mass is 10.2. The monoisotopic (exact) mass is 531 g/mol. The van der Waals surface area contributed by atoms with E-state index in [0.29, 0.717) is 66.6 Å². The highest BCUT2D eigenvalue weighted by molar-refractivity contribution is 5.94. The van der Waals surface area contributed by atoms with Crippen LogP contribution in [-0.2, 0) is 11.3 Å². The van der Waals surface area contributed by atoms with Crippen LogP contribution < -0.4 is 14.8 Å². The number of fused-ring (bicyclic) bond motifs is 1. The first-order valence-corrected chi connectivity index (χ1v) is 12.6. The Labute approximate surface area is 224 Å². The molecule has 1 aliphatic heterocycles. The number of rotatable bonds is 9. The average Bonchev–Trinajstić information content (AvgIpc) is 3.55. The van der Waals surface area contributed by atoms with Crippen molar-refractivity contribution in [2.75, 3.05) is 32.1 Å². The molecule has 3 heterocycles. The first kappa shape index (κ1) is 25.8. The van der Waals surface area contributed by atoms with E-state index >= 15 is 0 Å². The molecule has 2 aromatic heterocycles. The maximum atomic E-state index is 12.0. The normalized spacial score (nSPS) is 14.8. The number of ether oxygens (including phenoxy) is 3. The molecule has 1 saturated heterocycles. The number of methoxy groups -OCH3 is 1. The zero-order valence-electron chi connectivity index (χ0n) is 21.7. The maximum absolute atomic E-state index is 12.0. The van der Waals surface area contributed by atoms with E-state index in [1.54, 1.807) is 55.2 Å².